The van der Waals surface area contributed by atoms with Crippen molar-refractivity contribution in [2.45, 2.75) is 81.1 Å². The van der Waals surface area contributed by atoms with Crippen LogP contribution in [-0.4, -0.2) is 87.1 Å². The minimum atomic E-state index is -1.16. The number of ether oxygens (including phenoxy) is 2. The van der Waals surface area contributed by atoms with Gasteiger partial charge in [-0.25, -0.2) is 0 Å². The molecular weight excluding hydrogens is 504 g/mol. The smallest absolute Gasteiger partial charge is 0.312 e. The molecule has 3 unspecified atom stereocenters. The first-order chi connectivity index (χ1) is 16.2. The molecule has 3 saturated heterocycles. The average Bonchev–Trinajstić information content (AvgIpc) is 3.39. The van der Waals surface area contributed by atoms with E-state index in [1.807, 2.05) is 20.8 Å². The lowest BCUT2D eigenvalue weighted by molar-refractivity contribution is -0.156. The predicted octanol–water partition coefficient (Wildman–Crippen LogP) is 2.44. The summed E-state index contributed by atoms with van der Waals surface area (Å²) in [4.78, 5) is 44.1. The average molecular weight is 541 g/mol. The van der Waals surface area contributed by atoms with Gasteiger partial charge in [0.25, 0.3) is 0 Å². The number of allylic oxidation sites excluding steroid dienone is 1. The highest BCUT2D eigenvalue weighted by Crippen LogP contribution is 2.60. The zero-order valence-electron chi connectivity index (χ0n) is 20.3. The number of nitrogens with zero attached hydrogens (tertiary/aromatic N) is 2. The number of aliphatic hydroxyl groups is 1. The summed E-state index contributed by atoms with van der Waals surface area (Å²) in [6.45, 7) is 13.4. The number of amides is 2. The Morgan fingerprint density at radius 2 is 2.09 bits per heavy atom. The molecule has 3 aliphatic heterocycles. The van der Waals surface area contributed by atoms with Crippen molar-refractivity contribution in [1.29, 1.82) is 0 Å². The third-order valence-corrected chi connectivity index (χ3v) is 8.18. The summed E-state index contributed by atoms with van der Waals surface area (Å²) in [5, 5.41) is 10.1. The van der Waals surface area contributed by atoms with Gasteiger partial charge in [0.2, 0.25) is 11.8 Å². The molecule has 34 heavy (non-hydrogen) atoms. The van der Waals surface area contributed by atoms with Gasteiger partial charge in [0.15, 0.2) is 0 Å². The van der Waals surface area contributed by atoms with E-state index in [2.05, 4.69) is 29.1 Å². The van der Waals surface area contributed by atoms with E-state index in [4.69, 9.17) is 9.47 Å². The molecule has 0 aromatic carbocycles. The first kappa shape index (κ1) is 26.9. The minimum absolute atomic E-state index is 0.129. The van der Waals surface area contributed by atoms with Crippen LogP contribution in [0, 0.1) is 11.8 Å². The number of fused-ring (bicyclic) bond motifs is 1. The number of aliphatic hydroxyl groups excluding tert-OH is 1. The normalized spacial score (nSPS) is 32.6. The van der Waals surface area contributed by atoms with E-state index < -0.39 is 41.6 Å². The number of rotatable bonds is 12. The van der Waals surface area contributed by atoms with Gasteiger partial charge in [0.1, 0.15) is 11.6 Å². The molecule has 0 aromatic rings. The largest absolute Gasteiger partial charge is 0.465 e. The van der Waals surface area contributed by atoms with Crippen LogP contribution in [0.3, 0.4) is 0 Å². The van der Waals surface area contributed by atoms with Crippen LogP contribution in [0.1, 0.15) is 46.5 Å². The van der Waals surface area contributed by atoms with Crippen LogP contribution < -0.4 is 0 Å². The van der Waals surface area contributed by atoms with Gasteiger partial charge in [-0.05, 0) is 39.5 Å². The van der Waals surface area contributed by atoms with Crippen LogP contribution in [0.25, 0.3) is 0 Å². The highest BCUT2D eigenvalue weighted by molar-refractivity contribution is 9.09. The molecule has 2 amide bonds. The maximum Gasteiger partial charge on any atom is 0.312 e. The molecule has 7 atom stereocenters. The van der Waals surface area contributed by atoms with Crippen molar-refractivity contribution in [2.75, 3.05) is 19.8 Å². The summed E-state index contributed by atoms with van der Waals surface area (Å²) in [6.07, 6.45) is 5.11. The van der Waals surface area contributed by atoms with Crippen molar-refractivity contribution in [3.05, 3.63) is 25.3 Å². The van der Waals surface area contributed by atoms with E-state index in [1.165, 1.54) is 4.90 Å². The van der Waals surface area contributed by atoms with E-state index in [0.29, 0.717) is 25.8 Å². The second-order valence-electron chi connectivity index (χ2n) is 9.63. The number of carbonyl (C=O) groups is 3. The van der Waals surface area contributed by atoms with Crippen molar-refractivity contribution in [2.24, 2.45) is 11.8 Å². The number of halogens is 1. The van der Waals surface area contributed by atoms with Crippen molar-refractivity contribution < 1.29 is 29.0 Å². The molecule has 1 N–H and O–H groups in total. The fraction of sp³-hybridized carbons (Fsp3) is 0.720. The second-order valence-corrected chi connectivity index (χ2v) is 10.8. The number of hydrogen-bond acceptors (Lipinski definition) is 6. The van der Waals surface area contributed by atoms with E-state index >= 15 is 0 Å². The summed E-state index contributed by atoms with van der Waals surface area (Å²) < 4.78 is 12.0. The molecule has 0 radical (unpaired) electrons. The summed E-state index contributed by atoms with van der Waals surface area (Å²) in [5.74, 6) is -2.69. The molecule has 9 heteroatoms. The van der Waals surface area contributed by atoms with Crippen LogP contribution >= 0.6 is 15.9 Å². The highest BCUT2D eigenvalue weighted by atomic mass is 79.9. The molecule has 2 bridgehead atoms. The zero-order chi connectivity index (χ0) is 25.2. The third kappa shape index (κ3) is 4.35. The van der Waals surface area contributed by atoms with Crippen LogP contribution in [0.2, 0.25) is 0 Å². The SMILES string of the molecule is C=CCCCOC(=O)[C@H]1[C@@H]2OC3(CC2Br)C(C(=O)N(CC=C)C(C)C)N([C@@H](CC)CO)C(=O)[C@H]13. The third-order valence-electron chi connectivity index (χ3n) is 7.34. The Morgan fingerprint density at radius 3 is 2.65 bits per heavy atom. The lowest BCUT2D eigenvalue weighted by Crippen LogP contribution is -2.59. The van der Waals surface area contributed by atoms with Gasteiger partial charge in [-0.1, -0.05) is 35.0 Å². The van der Waals surface area contributed by atoms with Gasteiger partial charge in [-0.2, -0.15) is 0 Å². The van der Waals surface area contributed by atoms with Crippen LogP contribution in [0.5, 0.6) is 0 Å². The van der Waals surface area contributed by atoms with Gasteiger partial charge in [-0.3, -0.25) is 14.4 Å². The summed E-state index contributed by atoms with van der Waals surface area (Å²) in [7, 11) is 0. The molecule has 3 rings (SSSR count). The van der Waals surface area contributed by atoms with Crippen molar-refractivity contribution in [3.63, 3.8) is 0 Å². The highest BCUT2D eigenvalue weighted by Gasteiger charge is 2.77. The zero-order valence-corrected chi connectivity index (χ0v) is 21.9. The van der Waals surface area contributed by atoms with Gasteiger partial charge in [0.05, 0.1) is 37.2 Å². The molecule has 3 aliphatic rings. The maximum absolute atomic E-state index is 14.0. The lowest BCUT2D eigenvalue weighted by Gasteiger charge is -2.40. The minimum Gasteiger partial charge on any atom is -0.465 e. The standard InChI is InChI=1S/C25H37BrN2O6/c1-6-9-10-12-33-24(32)18-19-22(30)28(16(8-3)14-29)21(23(31)27(11-7-2)15(4)5)25(19)13-17(26)20(18)34-25/h6-7,15-21,29H,1-2,8-14H2,3-5H3/t16-,17?,18+,19-,20+,21?,25?/m0/s1. The molecule has 8 nitrogen and oxygen atoms in total. The number of likely N-dealkylation sites (tertiary alicyclic amines) is 1. The number of hydrogen-bond donors (Lipinski definition) is 1. The Hall–Kier alpha value is -1.71. The number of unbranched alkanes of at least 4 members (excludes halogenated alkanes) is 1. The predicted molar refractivity (Wildman–Crippen MR) is 131 cm³/mol. The molecular formula is C25H37BrN2O6. The fourth-order valence-electron chi connectivity index (χ4n) is 5.77. The monoisotopic (exact) mass is 540 g/mol. The van der Waals surface area contributed by atoms with Crippen molar-refractivity contribution in [1.82, 2.24) is 9.80 Å². The molecule has 0 aromatic heterocycles. The van der Waals surface area contributed by atoms with Crippen molar-refractivity contribution in [3.8, 4) is 0 Å². The first-order valence-electron chi connectivity index (χ1n) is 12.1. The molecule has 190 valence electrons. The fourth-order valence-corrected chi connectivity index (χ4v) is 6.71. The van der Waals surface area contributed by atoms with E-state index in [0.717, 1.165) is 6.42 Å². The Kier molecular flexibility index (Phi) is 8.63. The molecule has 0 saturated carbocycles. The molecule has 3 fully saturated rings. The van der Waals surface area contributed by atoms with Crippen molar-refractivity contribution >= 4 is 33.7 Å². The Morgan fingerprint density at radius 1 is 1.38 bits per heavy atom. The van der Waals surface area contributed by atoms with E-state index in [1.54, 1.807) is 17.1 Å². The second kappa shape index (κ2) is 10.9. The van der Waals surface area contributed by atoms with Gasteiger partial charge < -0.3 is 24.4 Å². The summed E-state index contributed by atoms with van der Waals surface area (Å²) >= 11 is 3.65. The number of alkyl halides is 1. The van der Waals surface area contributed by atoms with E-state index in [-0.39, 0.29) is 35.9 Å². The number of esters is 1. The van der Waals surface area contributed by atoms with Crippen LogP contribution in [0.4, 0.5) is 0 Å². The summed E-state index contributed by atoms with van der Waals surface area (Å²) in [6, 6.07) is -1.62. The summed E-state index contributed by atoms with van der Waals surface area (Å²) in [5.41, 5.74) is -1.16. The van der Waals surface area contributed by atoms with Crippen LogP contribution in [-0.2, 0) is 23.9 Å². The Labute approximate surface area is 210 Å². The molecule has 1 spiro atoms. The van der Waals surface area contributed by atoms with Crippen LogP contribution in [0.15, 0.2) is 25.3 Å². The molecule has 3 heterocycles. The van der Waals surface area contributed by atoms with Gasteiger partial charge in [-0.15, -0.1) is 13.2 Å². The van der Waals surface area contributed by atoms with E-state index in [9.17, 15) is 19.5 Å². The number of carbonyl (C=O) groups excluding carboxylic acids is 3. The van der Waals surface area contributed by atoms with Gasteiger partial charge in [0, 0.05) is 17.4 Å². The maximum atomic E-state index is 14.0. The van der Waals surface area contributed by atoms with Gasteiger partial charge >= 0.3 is 5.97 Å². The quantitative estimate of drug-likeness (QED) is 0.177. The molecule has 0 aliphatic carbocycles. The Balaban J connectivity index is 2.03. The topological polar surface area (TPSA) is 96.4 Å². The Bertz CT molecular complexity index is 815. The first-order valence-corrected chi connectivity index (χ1v) is 13.0. The lowest BCUT2D eigenvalue weighted by atomic mass is 9.70.